The van der Waals surface area contributed by atoms with E-state index in [1.165, 1.54) is 89.0 Å². The molecule has 0 aromatic rings. The lowest BCUT2D eigenvalue weighted by Crippen LogP contribution is -2.41. The Balaban J connectivity index is 3.53. The van der Waals surface area contributed by atoms with E-state index in [0.29, 0.717) is 6.61 Å². The van der Waals surface area contributed by atoms with Crippen LogP contribution in [0.2, 0.25) is 0 Å². The molecule has 0 N–H and O–H groups in total. The van der Waals surface area contributed by atoms with Crippen molar-refractivity contribution in [2.45, 2.75) is 117 Å². The first-order chi connectivity index (χ1) is 14.5. The highest BCUT2D eigenvalue weighted by atomic mass is 16.6. The molecule has 1 amide bonds. The first kappa shape index (κ1) is 28.3. The minimum absolute atomic E-state index is 0.0283. The van der Waals surface area contributed by atoms with Gasteiger partial charge in [0.15, 0.2) is 6.61 Å². The summed E-state index contributed by atoms with van der Waals surface area (Å²) in [4.78, 5) is 25.1. The fourth-order valence-electron chi connectivity index (χ4n) is 3.18. The number of hydrogen-bond acceptors (Lipinski definition) is 4. The highest BCUT2D eigenvalue weighted by Gasteiger charge is 2.24. The Kier molecular flexibility index (Phi) is 19.4. The van der Waals surface area contributed by atoms with Gasteiger partial charge in [-0.05, 0) is 20.3 Å². The van der Waals surface area contributed by atoms with Gasteiger partial charge in [0.25, 0.3) is 0 Å². The van der Waals surface area contributed by atoms with Gasteiger partial charge in [-0.3, -0.25) is 4.90 Å². The highest BCUT2D eigenvalue weighted by Crippen LogP contribution is 2.13. The number of carbonyl (C=O) groups is 2. The first-order valence-electron chi connectivity index (χ1n) is 12.0. The molecule has 0 bridgehead atoms. The number of esters is 1. The second kappa shape index (κ2) is 20.6. The number of amides is 1. The minimum Gasteiger partial charge on any atom is -0.464 e. The Hall–Kier alpha value is -1.70. The molecule has 0 spiro atoms. The Morgan fingerprint density at radius 3 is 1.73 bits per heavy atom. The van der Waals surface area contributed by atoms with Crippen LogP contribution in [0.4, 0.5) is 4.79 Å². The number of nitrogens with zero attached hydrogens (tertiary/aromatic N) is 1. The third-order valence-electron chi connectivity index (χ3n) is 5.40. The summed E-state index contributed by atoms with van der Waals surface area (Å²) in [6.07, 6.45) is 17.6. The van der Waals surface area contributed by atoms with Crippen molar-refractivity contribution < 1.29 is 19.1 Å². The molecule has 5 nitrogen and oxygen atoms in total. The molecule has 0 heterocycles. The lowest BCUT2D eigenvalue weighted by molar-refractivity contribution is -0.148. The van der Waals surface area contributed by atoms with E-state index in [1.54, 1.807) is 13.8 Å². The maximum Gasteiger partial charge on any atom is 0.411 e. The van der Waals surface area contributed by atoms with Gasteiger partial charge in [-0.1, -0.05) is 96.3 Å². The van der Waals surface area contributed by atoms with Gasteiger partial charge in [-0.15, -0.1) is 5.92 Å². The molecule has 0 aliphatic heterocycles. The second-order valence-electron chi connectivity index (χ2n) is 8.03. The summed E-state index contributed by atoms with van der Waals surface area (Å²) in [5.41, 5.74) is 0. The van der Waals surface area contributed by atoms with Crippen molar-refractivity contribution in [2.75, 3.05) is 20.3 Å². The van der Waals surface area contributed by atoms with Crippen molar-refractivity contribution in [3.8, 4) is 11.8 Å². The number of carbonyl (C=O) groups excluding carboxylic acids is 2. The topological polar surface area (TPSA) is 55.8 Å². The van der Waals surface area contributed by atoms with Gasteiger partial charge in [0, 0.05) is 7.05 Å². The number of rotatable bonds is 18. The minimum atomic E-state index is -0.668. The molecule has 0 fully saturated rings. The average molecular weight is 424 g/mol. The van der Waals surface area contributed by atoms with Gasteiger partial charge in [-0.25, -0.2) is 9.59 Å². The third kappa shape index (κ3) is 16.1. The monoisotopic (exact) mass is 423 g/mol. The molecule has 1 unspecified atom stereocenters. The Morgan fingerprint density at radius 1 is 0.800 bits per heavy atom. The zero-order valence-corrected chi connectivity index (χ0v) is 20.0. The molecule has 0 aliphatic carbocycles. The maximum absolute atomic E-state index is 12.1. The quantitative estimate of drug-likeness (QED) is 0.144. The van der Waals surface area contributed by atoms with Crippen LogP contribution in [0, 0.1) is 11.8 Å². The SMILES string of the molecule is CC#CCOC(=O)N(C)C(C)C(=O)OCCCCCCCCCCCCCCCC. The number of hydrogen-bond donors (Lipinski definition) is 0. The van der Waals surface area contributed by atoms with Gasteiger partial charge in [0.05, 0.1) is 6.61 Å². The number of ether oxygens (including phenoxy) is 2. The van der Waals surface area contributed by atoms with Gasteiger partial charge < -0.3 is 9.47 Å². The van der Waals surface area contributed by atoms with Gasteiger partial charge >= 0.3 is 12.1 Å². The molecule has 0 radical (unpaired) electrons. The fraction of sp³-hybridized carbons (Fsp3) is 0.840. The molecule has 0 saturated heterocycles. The standard InChI is InChI=1S/C25H45NO4/c1-5-7-9-10-11-12-13-14-15-16-17-18-19-20-22-29-24(27)23(3)26(4)25(28)30-21-8-6-2/h23H,5,7,9-22H2,1-4H3. The lowest BCUT2D eigenvalue weighted by atomic mass is 10.0. The number of unbranched alkanes of at least 4 members (excludes halogenated alkanes) is 13. The summed E-state index contributed by atoms with van der Waals surface area (Å²) in [7, 11) is 1.53. The first-order valence-corrected chi connectivity index (χ1v) is 12.0. The molecule has 30 heavy (non-hydrogen) atoms. The van der Waals surface area contributed by atoms with Crippen molar-refractivity contribution in [2.24, 2.45) is 0 Å². The van der Waals surface area contributed by atoms with Crippen LogP contribution in [-0.4, -0.2) is 43.3 Å². The van der Waals surface area contributed by atoms with Crippen LogP contribution in [0.5, 0.6) is 0 Å². The van der Waals surface area contributed by atoms with Crippen molar-refractivity contribution in [3.63, 3.8) is 0 Å². The summed E-state index contributed by atoms with van der Waals surface area (Å²) in [6, 6.07) is -0.668. The van der Waals surface area contributed by atoms with E-state index in [-0.39, 0.29) is 6.61 Å². The van der Waals surface area contributed by atoms with Crippen LogP contribution in [-0.2, 0) is 14.3 Å². The van der Waals surface area contributed by atoms with Crippen molar-refractivity contribution in [1.29, 1.82) is 0 Å². The molecular weight excluding hydrogens is 378 g/mol. The molecule has 0 aliphatic rings. The van der Waals surface area contributed by atoms with E-state index in [9.17, 15) is 9.59 Å². The predicted molar refractivity (Wildman–Crippen MR) is 123 cm³/mol. The number of likely N-dealkylation sites (N-methyl/N-ethyl adjacent to an activating group) is 1. The maximum atomic E-state index is 12.1. The third-order valence-corrected chi connectivity index (χ3v) is 5.40. The summed E-state index contributed by atoms with van der Waals surface area (Å²) in [6.45, 7) is 6.01. The van der Waals surface area contributed by atoms with Crippen molar-refractivity contribution in [1.82, 2.24) is 4.90 Å². The van der Waals surface area contributed by atoms with Crippen molar-refractivity contribution in [3.05, 3.63) is 0 Å². The Bertz CT molecular complexity index is 495. The Labute approximate surface area is 185 Å². The van der Waals surface area contributed by atoms with Gasteiger partial charge in [0.1, 0.15) is 6.04 Å². The summed E-state index contributed by atoms with van der Waals surface area (Å²) < 4.78 is 10.2. The summed E-state index contributed by atoms with van der Waals surface area (Å²) in [5.74, 6) is 4.90. The zero-order chi connectivity index (χ0) is 22.5. The van der Waals surface area contributed by atoms with Crippen LogP contribution in [0.15, 0.2) is 0 Å². The van der Waals surface area contributed by atoms with Gasteiger partial charge in [-0.2, -0.15) is 0 Å². The summed E-state index contributed by atoms with van der Waals surface area (Å²) >= 11 is 0. The van der Waals surface area contributed by atoms with Crippen molar-refractivity contribution >= 4 is 12.1 Å². The van der Waals surface area contributed by atoms with E-state index in [4.69, 9.17) is 9.47 Å². The molecule has 174 valence electrons. The van der Waals surface area contributed by atoms with E-state index < -0.39 is 18.1 Å². The molecule has 5 heteroatoms. The van der Waals surface area contributed by atoms with Gasteiger partial charge in [0.2, 0.25) is 0 Å². The largest absolute Gasteiger partial charge is 0.464 e. The van der Waals surface area contributed by atoms with Crippen LogP contribution < -0.4 is 0 Å². The second-order valence-corrected chi connectivity index (χ2v) is 8.03. The lowest BCUT2D eigenvalue weighted by Gasteiger charge is -2.22. The fourth-order valence-corrected chi connectivity index (χ4v) is 3.18. The molecule has 0 aromatic carbocycles. The molecule has 0 saturated carbocycles. The average Bonchev–Trinajstić information content (AvgIpc) is 2.75. The highest BCUT2D eigenvalue weighted by molar-refractivity contribution is 5.80. The van der Waals surface area contributed by atoms with Crippen LogP contribution >= 0.6 is 0 Å². The molecular formula is C25H45NO4. The summed E-state index contributed by atoms with van der Waals surface area (Å²) in [5, 5.41) is 0. The molecule has 1 atom stereocenters. The molecule has 0 aromatic heterocycles. The van der Waals surface area contributed by atoms with Crippen LogP contribution in [0.25, 0.3) is 0 Å². The smallest absolute Gasteiger partial charge is 0.411 e. The van der Waals surface area contributed by atoms with E-state index >= 15 is 0 Å². The van der Waals surface area contributed by atoms with Crippen LogP contribution in [0.3, 0.4) is 0 Å². The zero-order valence-electron chi connectivity index (χ0n) is 20.0. The predicted octanol–water partition coefficient (Wildman–Crippen LogP) is 6.49. The normalized spacial score (nSPS) is 11.3. The Morgan fingerprint density at radius 2 is 1.27 bits per heavy atom. The molecule has 0 rings (SSSR count). The van der Waals surface area contributed by atoms with Crippen LogP contribution in [0.1, 0.15) is 111 Å². The van der Waals surface area contributed by atoms with E-state index in [2.05, 4.69) is 18.8 Å². The van der Waals surface area contributed by atoms with E-state index in [0.717, 1.165) is 12.8 Å². The van der Waals surface area contributed by atoms with E-state index in [1.807, 2.05) is 0 Å².